The van der Waals surface area contributed by atoms with Crippen molar-refractivity contribution < 1.29 is 5.11 Å². The van der Waals surface area contributed by atoms with Crippen LogP contribution in [0.1, 0.15) is 61.3 Å². The lowest BCUT2D eigenvalue weighted by Gasteiger charge is -2.41. The summed E-state index contributed by atoms with van der Waals surface area (Å²) in [7, 11) is 4.39. The lowest BCUT2D eigenvalue weighted by Crippen LogP contribution is -2.53. The molecule has 0 bridgehead atoms. The summed E-state index contributed by atoms with van der Waals surface area (Å²) in [5, 5.41) is 11.3. The van der Waals surface area contributed by atoms with Crippen molar-refractivity contribution >= 4 is 23.1 Å². The summed E-state index contributed by atoms with van der Waals surface area (Å²) in [5.74, 6) is 1.14. The number of aliphatic hydroxyl groups excluding tert-OH is 1. The number of hydrogen-bond donors (Lipinski definition) is 1. The molecule has 3 fully saturated rings. The van der Waals surface area contributed by atoms with Crippen molar-refractivity contribution in [2.24, 2.45) is 0 Å². The molecule has 1 saturated carbocycles. The van der Waals surface area contributed by atoms with Gasteiger partial charge in [-0.2, -0.15) is 0 Å². The van der Waals surface area contributed by atoms with Crippen LogP contribution in [0.25, 0.3) is 5.65 Å². The third-order valence-corrected chi connectivity index (χ3v) is 8.73. The van der Waals surface area contributed by atoms with Crippen LogP contribution in [0.2, 0.25) is 5.02 Å². The van der Waals surface area contributed by atoms with Crippen molar-refractivity contribution in [2.45, 2.75) is 56.3 Å². The summed E-state index contributed by atoms with van der Waals surface area (Å²) in [6, 6.07) is 10.4. The third-order valence-electron chi connectivity index (χ3n) is 8.41. The highest BCUT2D eigenvalue weighted by atomic mass is 35.5. The molecule has 2 aliphatic heterocycles. The molecule has 0 aromatic carbocycles. The molecule has 5 heterocycles. The van der Waals surface area contributed by atoms with E-state index < -0.39 is 0 Å². The fourth-order valence-corrected chi connectivity index (χ4v) is 6.44. The molecule has 3 aromatic rings. The monoisotopic (exact) mass is 480 g/mol. The predicted molar refractivity (Wildman–Crippen MR) is 134 cm³/mol. The minimum atomic E-state index is -0.0360. The summed E-state index contributed by atoms with van der Waals surface area (Å²) in [6.07, 6.45) is 7.43. The molecular weight excluding hydrogens is 448 g/mol. The number of piperazine rings is 1. The first-order valence-corrected chi connectivity index (χ1v) is 12.8. The Morgan fingerprint density at radius 1 is 1.06 bits per heavy atom. The number of rotatable bonds is 4. The first-order valence-electron chi connectivity index (χ1n) is 12.4. The van der Waals surface area contributed by atoms with Gasteiger partial charge in [0.1, 0.15) is 11.5 Å². The SMILES string of the molecule is CN1[C@@H](c2nc3cccc(N4CCN(C)C5(CC5)C4)n3c2CO)CCC[C@H]1c1ncccc1Cl. The number of aromatic nitrogens is 3. The summed E-state index contributed by atoms with van der Waals surface area (Å²) >= 11 is 6.53. The number of imidazole rings is 1. The highest BCUT2D eigenvalue weighted by molar-refractivity contribution is 6.31. The molecule has 6 rings (SSSR count). The number of fused-ring (bicyclic) bond motifs is 1. The number of halogens is 1. The van der Waals surface area contributed by atoms with Gasteiger partial charge in [-0.3, -0.25) is 19.2 Å². The zero-order valence-electron chi connectivity index (χ0n) is 20.0. The molecule has 3 aromatic heterocycles. The predicted octanol–water partition coefficient (Wildman–Crippen LogP) is 4.06. The molecule has 2 saturated heterocycles. The first kappa shape index (κ1) is 22.3. The van der Waals surface area contributed by atoms with Crippen LogP contribution in [0, 0.1) is 0 Å². The van der Waals surface area contributed by atoms with Gasteiger partial charge in [-0.15, -0.1) is 0 Å². The second-order valence-corrected chi connectivity index (χ2v) is 10.7. The van der Waals surface area contributed by atoms with E-state index in [4.69, 9.17) is 16.6 Å². The number of piperidine rings is 1. The van der Waals surface area contributed by atoms with Gasteiger partial charge in [0.2, 0.25) is 0 Å². The highest BCUT2D eigenvalue weighted by Gasteiger charge is 2.50. The molecule has 1 spiro atoms. The van der Waals surface area contributed by atoms with Crippen LogP contribution in [0.4, 0.5) is 5.82 Å². The zero-order chi connectivity index (χ0) is 23.4. The second-order valence-electron chi connectivity index (χ2n) is 10.2. The quantitative estimate of drug-likeness (QED) is 0.607. The van der Waals surface area contributed by atoms with E-state index in [0.29, 0.717) is 10.6 Å². The van der Waals surface area contributed by atoms with E-state index in [0.717, 1.165) is 67.4 Å². The lowest BCUT2D eigenvalue weighted by atomic mass is 9.91. The van der Waals surface area contributed by atoms with Gasteiger partial charge in [0, 0.05) is 31.4 Å². The van der Waals surface area contributed by atoms with E-state index in [1.54, 1.807) is 0 Å². The van der Waals surface area contributed by atoms with Crippen molar-refractivity contribution in [3.8, 4) is 0 Å². The highest BCUT2D eigenvalue weighted by Crippen LogP contribution is 2.45. The van der Waals surface area contributed by atoms with Crippen LogP contribution in [-0.2, 0) is 6.61 Å². The molecule has 0 amide bonds. The smallest absolute Gasteiger partial charge is 0.138 e. The van der Waals surface area contributed by atoms with Gasteiger partial charge in [0.25, 0.3) is 0 Å². The van der Waals surface area contributed by atoms with Gasteiger partial charge >= 0.3 is 0 Å². The minimum Gasteiger partial charge on any atom is -0.390 e. The lowest BCUT2D eigenvalue weighted by molar-refractivity contribution is 0.108. The van der Waals surface area contributed by atoms with Crippen molar-refractivity contribution in [1.82, 2.24) is 24.2 Å². The number of likely N-dealkylation sites (tertiary alicyclic amines) is 1. The van der Waals surface area contributed by atoms with Gasteiger partial charge in [0.05, 0.1) is 40.8 Å². The van der Waals surface area contributed by atoms with E-state index in [1.807, 2.05) is 18.3 Å². The Kier molecular flexibility index (Phi) is 5.56. The fourth-order valence-electron chi connectivity index (χ4n) is 6.19. The van der Waals surface area contributed by atoms with E-state index in [1.165, 1.54) is 12.8 Å². The number of anilines is 1. The molecule has 1 aliphatic carbocycles. The van der Waals surface area contributed by atoms with Crippen LogP contribution in [-0.4, -0.2) is 68.5 Å². The van der Waals surface area contributed by atoms with E-state index in [2.05, 4.69) is 56.4 Å². The maximum absolute atomic E-state index is 10.6. The average molecular weight is 481 g/mol. The number of nitrogens with zero attached hydrogens (tertiary/aromatic N) is 6. The molecule has 34 heavy (non-hydrogen) atoms. The zero-order valence-corrected chi connectivity index (χ0v) is 20.7. The Morgan fingerprint density at radius 2 is 1.85 bits per heavy atom. The molecule has 8 heteroatoms. The topological polar surface area (TPSA) is 60.1 Å². The van der Waals surface area contributed by atoms with Crippen molar-refractivity contribution in [3.05, 3.63) is 58.6 Å². The number of likely N-dealkylation sites (N-methyl/N-ethyl adjacent to an activating group) is 1. The molecular formula is C26H33ClN6O. The summed E-state index contributed by atoms with van der Waals surface area (Å²) in [6.45, 7) is 3.04. The Bertz CT molecular complexity index is 1210. The van der Waals surface area contributed by atoms with Gasteiger partial charge < -0.3 is 10.0 Å². The van der Waals surface area contributed by atoms with Crippen LogP contribution >= 0.6 is 11.6 Å². The number of hydrogen-bond acceptors (Lipinski definition) is 6. The fraction of sp³-hybridized carbons (Fsp3) is 0.538. The van der Waals surface area contributed by atoms with E-state index in [-0.39, 0.29) is 18.7 Å². The normalized spacial score (nSPS) is 25.4. The third kappa shape index (κ3) is 3.52. The molecule has 7 nitrogen and oxygen atoms in total. The van der Waals surface area contributed by atoms with Gasteiger partial charge in [-0.05, 0) is 70.5 Å². The second kappa shape index (κ2) is 8.48. The maximum atomic E-state index is 10.6. The minimum absolute atomic E-state index is 0.0360. The summed E-state index contributed by atoms with van der Waals surface area (Å²) in [5.41, 5.74) is 4.04. The Balaban J connectivity index is 1.39. The molecule has 180 valence electrons. The molecule has 0 radical (unpaired) electrons. The molecule has 3 aliphatic rings. The maximum Gasteiger partial charge on any atom is 0.138 e. The number of aliphatic hydroxyl groups is 1. The summed E-state index contributed by atoms with van der Waals surface area (Å²) < 4.78 is 2.20. The Hall–Kier alpha value is -2.19. The van der Waals surface area contributed by atoms with Crippen LogP contribution in [0.5, 0.6) is 0 Å². The van der Waals surface area contributed by atoms with Crippen molar-refractivity contribution in [2.75, 3.05) is 38.6 Å². The van der Waals surface area contributed by atoms with Gasteiger partial charge in [-0.25, -0.2) is 4.98 Å². The van der Waals surface area contributed by atoms with Gasteiger partial charge in [0.15, 0.2) is 0 Å². The standard InChI is InChI=1S/C26H33ClN6O/c1-30-14-15-32(17-26(30)11-12-26)23-10-4-9-22-29-25(21(16-34)33(22)23)20-8-3-7-19(31(20)2)24-18(27)6-5-13-28-24/h4-6,9-10,13,19-20,34H,3,7-8,11-12,14-17H2,1-2H3/t19-,20+/m0/s1. The summed E-state index contributed by atoms with van der Waals surface area (Å²) in [4.78, 5) is 17.1. The van der Waals surface area contributed by atoms with E-state index in [9.17, 15) is 5.11 Å². The molecule has 2 atom stereocenters. The van der Waals surface area contributed by atoms with Crippen molar-refractivity contribution in [3.63, 3.8) is 0 Å². The van der Waals surface area contributed by atoms with Gasteiger partial charge in [-0.1, -0.05) is 17.7 Å². The van der Waals surface area contributed by atoms with Crippen LogP contribution in [0.15, 0.2) is 36.5 Å². The Morgan fingerprint density at radius 3 is 2.59 bits per heavy atom. The molecule has 0 unspecified atom stereocenters. The van der Waals surface area contributed by atoms with Crippen LogP contribution < -0.4 is 4.90 Å². The Labute approximate surface area is 206 Å². The average Bonchev–Trinajstić information content (AvgIpc) is 3.52. The largest absolute Gasteiger partial charge is 0.390 e. The first-order chi connectivity index (χ1) is 16.5. The molecule has 1 N–H and O–H groups in total. The van der Waals surface area contributed by atoms with E-state index >= 15 is 0 Å². The van der Waals surface area contributed by atoms with Crippen LogP contribution in [0.3, 0.4) is 0 Å². The van der Waals surface area contributed by atoms with Crippen molar-refractivity contribution in [1.29, 1.82) is 0 Å². The number of pyridine rings is 2.